The highest BCUT2D eigenvalue weighted by molar-refractivity contribution is 5.80. The fourth-order valence-corrected chi connectivity index (χ4v) is 1.24. The van der Waals surface area contributed by atoms with Gasteiger partial charge in [0.15, 0.2) is 5.82 Å². The number of halogens is 1. The van der Waals surface area contributed by atoms with E-state index >= 15 is 0 Å². The molecular weight excluding hydrogens is 237 g/mol. The van der Waals surface area contributed by atoms with Crippen LogP contribution >= 0.6 is 0 Å². The van der Waals surface area contributed by atoms with E-state index in [0.29, 0.717) is 11.3 Å². The van der Waals surface area contributed by atoms with Crippen molar-refractivity contribution in [1.82, 2.24) is 15.2 Å². The molecule has 0 aliphatic rings. The number of aryl methyl sites for hydroxylation is 1. The van der Waals surface area contributed by atoms with Gasteiger partial charge in [-0.2, -0.15) is 15.2 Å². The lowest BCUT2D eigenvalue weighted by Crippen LogP contribution is -2.15. The van der Waals surface area contributed by atoms with Gasteiger partial charge in [0.05, 0.1) is 6.21 Å². The van der Waals surface area contributed by atoms with Crippen molar-refractivity contribution in [2.24, 2.45) is 5.10 Å². The van der Waals surface area contributed by atoms with Crippen molar-refractivity contribution in [2.45, 2.75) is 6.92 Å². The highest BCUT2D eigenvalue weighted by Gasteiger charge is 2.00. The summed E-state index contributed by atoms with van der Waals surface area (Å²) in [5, 5.41) is 9.70. The second-order valence-electron chi connectivity index (χ2n) is 3.47. The molecule has 0 atom stereocenters. The monoisotopic (exact) mass is 247 g/mol. The van der Waals surface area contributed by atoms with Gasteiger partial charge < -0.3 is 0 Å². The molecular formula is C11H10FN5O. The first kappa shape index (κ1) is 11.9. The molecule has 0 radical (unpaired) electrons. The minimum atomic E-state index is -0.579. The molecule has 0 amide bonds. The Bertz CT molecular complexity index is 637. The van der Waals surface area contributed by atoms with Gasteiger partial charge in [-0.05, 0) is 13.0 Å². The van der Waals surface area contributed by atoms with Gasteiger partial charge in [0.1, 0.15) is 11.5 Å². The van der Waals surface area contributed by atoms with E-state index in [-0.39, 0.29) is 11.6 Å². The maximum Gasteiger partial charge on any atom is 0.363 e. The van der Waals surface area contributed by atoms with Gasteiger partial charge in [-0.25, -0.2) is 14.3 Å². The molecule has 1 aromatic heterocycles. The number of aromatic nitrogens is 3. The Balaban J connectivity index is 2.15. The van der Waals surface area contributed by atoms with E-state index in [2.05, 4.69) is 25.7 Å². The van der Waals surface area contributed by atoms with E-state index in [9.17, 15) is 9.18 Å². The number of anilines is 1. The van der Waals surface area contributed by atoms with Crippen LogP contribution in [0.25, 0.3) is 0 Å². The molecule has 2 N–H and O–H groups in total. The number of aromatic amines is 1. The third-order valence-corrected chi connectivity index (χ3v) is 2.15. The van der Waals surface area contributed by atoms with E-state index in [1.807, 2.05) is 0 Å². The fourth-order valence-electron chi connectivity index (χ4n) is 1.24. The van der Waals surface area contributed by atoms with Crippen LogP contribution in [0.4, 0.5) is 10.2 Å². The Labute approximate surface area is 102 Å². The Hall–Kier alpha value is -2.57. The van der Waals surface area contributed by atoms with Crippen molar-refractivity contribution < 1.29 is 4.39 Å². The molecule has 2 aromatic rings. The standard InChI is InChI=1S/C11H10FN5O/c1-7-10(14-11(18)17-15-7)16-13-6-8-4-2-3-5-9(8)12/h2-6H,1H3,(H2,14,16,17,18)/b13-6-. The first-order valence-electron chi connectivity index (χ1n) is 5.14. The fraction of sp³-hybridized carbons (Fsp3) is 0.0909. The number of nitrogens with one attached hydrogen (secondary N) is 2. The molecule has 1 aromatic carbocycles. The van der Waals surface area contributed by atoms with Gasteiger partial charge in [0.25, 0.3) is 0 Å². The summed E-state index contributed by atoms with van der Waals surface area (Å²) in [6.07, 6.45) is 1.30. The third-order valence-electron chi connectivity index (χ3n) is 2.15. The van der Waals surface area contributed by atoms with Crippen LogP contribution in [0.1, 0.15) is 11.3 Å². The van der Waals surface area contributed by atoms with E-state index in [0.717, 1.165) is 0 Å². The summed E-state index contributed by atoms with van der Waals surface area (Å²) in [4.78, 5) is 14.6. The maximum absolute atomic E-state index is 13.3. The second kappa shape index (κ2) is 5.17. The molecule has 18 heavy (non-hydrogen) atoms. The smallest absolute Gasteiger partial charge is 0.260 e. The lowest BCUT2D eigenvalue weighted by molar-refractivity contribution is 0.626. The van der Waals surface area contributed by atoms with Crippen LogP contribution in [0.5, 0.6) is 0 Å². The van der Waals surface area contributed by atoms with E-state index in [1.165, 1.54) is 12.3 Å². The number of benzene rings is 1. The van der Waals surface area contributed by atoms with Crippen molar-refractivity contribution in [3.05, 3.63) is 51.8 Å². The van der Waals surface area contributed by atoms with Crippen LogP contribution in [0.3, 0.4) is 0 Å². The first-order chi connectivity index (χ1) is 8.66. The molecule has 0 aliphatic heterocycles. The van der Waals surface area contributed by atoms with Crippen LogP contribution < -0.4 is 11.1 Å². The molecule has 92 valence electrons. The third kappa shape index (κ3) is 2.76. The highest BCUT2D eigenvalue weighted by atomic mass is 19.1. The Morgan fingerprint density at radius 1 is 1.44 bits per heavy atom. The minimum Gasteiger partial charge on any atom is -0.260 e. The summed E-state index contributed by atoms with van der Waals surface area (Å²) in [7, 11) is 0. The molecule has 1 heterocycles. The number of nitrogens with zero attached hydrogens (tertiary/aromatic N) is 3. The predicted octanol–water partition coefficient (Wildman–Crippen LogP) is 1.06. The van der Waals surface area contributed by atoms with Crippen molar-refractivity contribution in [2.75, 3.05) is 5.43 Å². The molecule has 2 rings (SSSR count). The molecule has 0 aliphatic carbocycles. The number of H-pyrrole nitrogens is 1. The van der Waals surface area contributed by atoms with Crippen LogP contribution in [-0.2, 0) is 0 Å². The number of hydrogen-bond acceptors (Lipinski definition) is 5. The summed E-state index contributed by atoms with van der Waals surface area (Å²) in [6.45, 7) is 1.66. The molecule has 0 unspecified atom stereocenters. The topological polar surface area (TPSA) is 83.0 Å². The number of hydrogen-bond donors (Lipinski definition) is 2. The van der Waals surface area contributed by atoms with Crippen molar-refractivity contribution in [3.8, 4) is 0 Å². The normalized spacial score (nSPS) is 10.8. The van der Waals surface area contributed by atoms with E-state index < -0.39 is 5.69 Å². The Morgan fingerprint density at radius 2 is 2.22 bits per heavy atom. The molecule has 0 spiro atoms. The summed E-state index contributed by atoms with van der Waals surface area (Å²) in [5.74, 6) is -0.150. The predicted molar refractivity (Wildman–Crippen MR) is 65.0 cm³/mol. The van der Waals surface area contributed by atoms with E-state index in [4.69, 9.17) is 0 Å². The van der Waals surface area contributed by atoms with Crippen molar-refractivity contribution >= 4 is 12.0 Å². The summed E-state index contributed by atoms with van der Waals surface area (Å²) < 4.78 is 13.3. The summed E-state index contributed by atoms with van der Waals surface area (Å²) in [6, 6.07) is 6.20. The van der Waals surface area contributed by atoms with Crippen LogP contribution in [0, 0.1) is 12.7 Å². The average molecular weight is 247 g/mol. The number of hydrazone groups is 1. The molecule has 0 fully saturated rings. The molecule has 7 heteroatoms. The van der Waals surface area contributed by atoms with Gasteiger partial charge in [0, 0.05) is 5.56 Å². The van der Waals surface area contributed by atoms with Gasteiger partial charge >= 0.3 is 5.69 Å². The SMILES string of the molecule is Cc1n[nH]c(=O)nc1N/N=C\c1ccccc1F. The van der Waals surface area contributed by atoms with E-state index in [1.54, 1.807) is 25.1 Å². The lowest BCUT2D eigenvalue weighted by atomic mass is 10.2. The number of rotatable bonds is 3. The summed E-state index contributed by atoms with van der Waals surface area (Å²) in [5.41, 5.74) is 2.78. The van der Waals surface area contributed by atoms with Gasteiger partial charge in [-0.3, -0.25) is 5.43 Å². The van der Waals surface area contributed by atoms with Crippen molar-refractivity contribution in [1.29, 1.82) is 0 Å². The lowest BCUT2D eigenvalue weighted by Gasteiger charge is -2.00. The van der Waals surface area contributed by atoms with Gasteiger partial charge in [-0.1, -0.05) is 18.2 Å². The largest absolute Gasteiger partial charge is 0.363 e. The first-order valence-corrected chi connectivity index (χ1v) is 5.14. The zero-order valence-corrected chi connectivity index (χ0v) is 9.51. The highest BCUT2D eigenvalue weighted by Crippen LogP contribution is 2.05. The second-order valence-corrected chi connectivity index (χ2v) is 3.47. The molecule has 0 bridgehead atoms. The Kier molecular flexibility index (Phi) is 3.42. The Morgan fingerprint density at radius 3 is 3.00 bits per heavy atom. The quantitative estimate of drug-likeness (QED) is 0.627. The van der Waals surface area contributed by atoms with Crippen LogP contribution in [0.2, 0.25) is 0 Å². The van der Waals surface area contributed by atoms with Crippen LogP contribution in [0.15, 0.2) is 34.2 Å². The minimum absolute atomic E-state index is 0.228. The van der Waals surface area contributed by atoms with Crippen LogP contribution in [-0.4, -0.2) is 21.4 Å². The molecule has 6 nitrogen and oxygen atoms in total. The maximum atomic E-state index is 13.3. The summed E-state index contributed by atoms with van der Waals surface area (Å²) >= 11 is 0. The van der Waals surface area contributed by atoms with Gasteiger partial charge in [0.2, 0.25) is 0 Å². The molecule has 0 saturated carbocycles. The zero-order chi connectivity index (χ0) is 13.0. The zero-order valence-electron chi connectivity index (χ0n) is 9.51. The van der Waals surface area contributed by atoms with Crippen molar-refractivity contribution in [3.63, 3.8) is 0 Å². The average Bonchev–Trinajstić information content (AvgIpc) is 2.36. The van der Waals surface area contributed by atoms with Gasteiger partial charge in [-0.15, -0.1) is 0 Å². The molecule has 0 saturated heterocycles.